The fourth-order valence-corrected chi connectivity index (χ4v) is 2.51. The molecular formula is C14H17N3O. The summed E-state index contributed by atoms with van der Waals surface area (Å²) in [5, 5.41) is 7.47. The van der Waals surface area contributed by atoms with Crippen molar-refractivity contribution in [1.29, 1.82) is 0 Å². The number of carbonyl (C=O) groups excluding carboxylic acids is 1. The predicted octanol–water partition coefficient (Wildman–Crippen LogP) is 1.65. The van der Waals surface area contributed by atoms with Gasteiger partial charge in [0.1, 0.15) is 0 Å². The van der Waals surface area contributed by atoms with Gasteiger partial charge in [0.2, 0.25) is 0 Å². The van der Waals surface area contributed by atoms with Gasteiger partial charge in [0.25, 0.3) is 5.91 Å². The van der Waals surface area contributed by atoms with E-state index in [0.29, 0.717) is 0 Å². The zero-order valence-electron chi connectivity index (χ0n) is 10.2. The van der Waals surface area contributed by atoms with Crippen molar-refractivity contribution in [2.45, 2.75) is 18.9 Å². The first-order valence-electron chi connectivity index (χ1n) is 6.42. The molecule has 4 heteroatoms. The van der Waals surface area contributed by atoms with Crippen LogP contribution in [-0.4, -0.2) is 30.0 Å². The van der Waals surface area contributed by atoms with Crippen LogP contribution < -0.4 is 10.6 Å². The van der Waals surface area contributed by atoms with Crippen LogP contribution in [0.15, 0.2) is 30.5 Å². The minimum atomic E-state index is 0.0109. The van der Waals surface area contributed by atoms with Crippen LogP contribution in [-0.2, 0) is 0 Å². The van der Waals surface area contributed by atoms with Gasteiger partial charge in [0, 0.05) is 24.2 Å². The molecule has 0 unspecified atom stereocenters. The van der Waals surface area contributed by atoms with Crippen molar-refractivity contribution in [3.8, 4) is 0 Å². The van der Waals surface area contributed by atoms with Crippen molar-refractivity contribution >= 4 is 16.8 Å². The molecule has 1 aliphatic heterocycles. The summed E-state index contributed by atoms with van der Waals surface area (Å²) in [5.74, 6) is 0.0109. The molecule has 18 heavy (non-hydrogen) atoms. The molecular weight excluding hydrogens is 226 g/mol. The quantitative estimate of drug-likeness (QED) is 0.751. The maximum atomic E-state index is 12.3. The van der Waals surface area contributed by atoms with Gasteiger partial charge in [-0.25, -0.2) is 0 Å². The van der Waals surface area contributed by atoms with E-state index in [9.17, 15) is 4.79 Å². The Morgan fingerprint density at radius 3 is 3.11 bits per heavy atom. The summed E-state index contributed by atoms with van der Waals surface area (Å²) in [7, 11) is 0. The molecule has 3 N–H and O–H groups in total. The number of benzene rings is 1. The van der Waals surface area contributed by atoms with Gasteiger partial charge >= 0.3 is 0 Å². The van der Waals surface area contributed by atoms with Gasteiger partial charge in [-0.15, -0.1) is 0 Å². The largest absolute Gasteiger partial charge is 0.361 e. The maximum Gasteiger partial charge on any atom is 0.253 e. The highest BCUT2D eigenvalue weighted by Crippen LogP contribution is 2.17. The molecule has 1 saturated heterocycles. The Morgan fingerprint density at radius 2 is 2.28 bits per heavy atom. The van der Waals surface area contributed by atoms with Crippen LogP contribution in [0, 0.1) is 0 Å². The van der Waals surface area contributed by atoms with E-state index in [4.69, 9.17) is 0 Å². The van der Waals surface area contributed by atoms with Crippen LogP contribution in [0.1, 0.15) is 23.2 Å². The number of aromatic amines is 1. The van der Waals surface area contributed by atoms with E-state index in [0.717, 1.165) is 42.4 Å². The van der Waals surface area contributed by atoms with E-state index >= 15 is 0 Å². The number of para-hydroxylation sites is 1. The Hall–Kier alpha value is -1.81. The van der Waals surface area contributed by atoms with Gasteiger partial charge in [-0.2, -0.15) is 0 Å². The number of aromatic nitrogens is 1. The first-order chi connectivity index (χ1) is 8.84. The Kier molecular flexibility index (Phi) is 3.02. The molecule has 1 aliphatic rings. The van der Waals surface area contributed by atoms with E-state index in [2.05, 4.69) is 15.6 Å². The monoisotopic (exact) mass is 243 g/mol. The third-order valence-corrected chi connectivity index (χ3v) is 3.46. The molecule has 3 rings (SSSR count). The lowest BCUT2D eigenvalue weighted by molar-refractivity contribution is 0.0932. The number of hydrogen-bond donors (Lipinski definition) is 3. The third kappa shape index (κ3) is 2.11. The minimum Gasteiger partial charge on any atom is -0.361 e. The van der Waals surface area contributed by atoms with Gasteiger partial charge in [0.15, 0.2) is 0 Å². The second-order valence-corrected chi connectivity index (χ2v) is 4.76. The van der Waals surface area contributed by atoms with Crippen LogP contribution in [0.4, 0.5) is 0 Å². The van der Waals surface area contributed by atoms with Crippen LogP contribution >= 0.6 is 0 Å². The van der Waals surface area contributed by atoms with E-state index < -0.39 is 0 Å². The molecule has 1 aromatic carbocycles. The van der Waals surface area contributed by atoms with Gasteiger partial charge in [-0.05, 0) is 31.5 Å². The zero-order chi connectivity index (χ0) is 12.4. The highest BCUT2D eigenvalue weighted by atomic mass is 16.1. The summed E-state index contributed by atoms with van der Waals surface area (Å²) in [5.41, 5.74) is 1.64. The fourth-order valence-electron chi connectivity index (χ4n) is 2.51. The molecule has 0 bridgehead atoms. The molecule has 94 valence electrons. The van der Waals surface area contributed by atoms with Crippen molar-refractivity contribution < 1.29 is 4.79 Å². The van der Waals surface area contributed by atoms with Crippen molar-refractivity contribution in [1.82, 2.24) is 15.6 Å². The van der Waals surface area contributed by atoms with E-state index in [1.165, 1.54) is 0 Å². The van der Waals surface area contributed by atoms with Crippen LogP contribution in [0.25, 0.3) is 10.9 Å². The first kappa shape index (κ1) is 11.3. The number of fused-ring (bicyclic) bond motifs is 1. The molecule has 0 saturated carbocycles. The summed E-state index contributed by atoms with van der Waals surface area (Å²) < 4.78 is 0. The molecule has 1 aromatic heterocycles. The SMILES string of the molecule is O=C(N[C@@H]1CCCNC1)c1cccc2cc[nH]c12. The molecule has 0 radical (unpaired) electrons. The molecule has 1 amide bonds. The van der Waals surface area contributed by atoms with Gasteiger partial charge < -0.3 is 15.6 Å². The van der Waals surface area contributed by atoms with Gasteiger partial charge in [-0.1, -0.05) is 12.1 Å². The number of H-pyrrole nitrogens is 1. The lowest BCUT2D eigenvalue weighted by Crippen LogP contribution is -2.45. The fraction of sp³-hybridized carbons (Fsp3) is 0.357. The average molecular weight is 243 g/mol. The Bertz CT molecular complexity index is 555. The van der Waals surface area contributed by atoms with E-state index in [-0.39, 0.29) is 11.9 Å². The first-order valence-corrected chi connectivity index (χ1v) is 6.42. The normalized spacial score (nSPS) is 19.9. The highest BCUT2D eigenvalue weighted by Gasteiger charge is 2.17. The average Bonchev–Trinajstić information content (AvgIpc) is 2.87. The lowest BCUT2D eigenvalue weighted by Gasteiger charge is -2.23. The Labute approximate surface area is 106 Å². The standard InChI is InChI=1S/C14H17N3O/c18-14(17-11-4-2-7-15-9-11)12-5-1-3-10-6-8-16-13(10)12/h1,3,5-6,8,11,15-16H,2,4,7,9H2,(H,17,18)/t11-/m1/s1. The van der Waals surface area contributed by atoms with Crippen LogP contribution in [0.3, 0.4) is 0 Å². The van der Waals surface area contributed by atoms with Crippen LogP contribution in [0.2, 0.25) is 0 Å². The van der Waals surface area contributed by atoms with Crippen molar-refractivity contribution in [3.05, 3.63) is 36.0 Å². The molecule has 1 fully saturated rings. The second kappa shape index (κ2) is 4.82. The number of nitrogens with one attached hydrogen (secondary N) is 3. The van der Waals surface area contributed by atoms with Crippen molar-refractivity contribution in [2.24, 2.45) is 0 Å². The maximum absolute atomic E-state index is 12.3. The van der Waals surface area contributed by atoms with Gasteiger partial charge in [0.05, 0.1) is 11.1 Å². The predicted molar refractivity (Wildman–Crippen MR) is 71.7 cm³/mol. The zero-order valence-corrected chi connectivity index (χ0v) is 10.2. The molecule has 1 atom stereocenters. The molecule has 0 aliphatic carbocycles. The summed E-state index contributed by atoms with van der Waals surface area (Å²) in [6.07, 6.45) is 4.04. The second-order valence-electron chi connectivity index (χ2n) is 4.76. The molecule has 4 nitrogen and oxygen atoms in total. The van der Waals surface area contributed by atoms with Gasteiger partial charge in [-0.3, -0.25) is 4.79 Å². The van der Waals surface area contributed by atoms with E-state index in [1.54, 1.807) is 0 Å². The third-order valence-electron chi connectivity index (χ3n) is 3.46. The summed E-state index contributed by atoms with van der Waals surface area (Å²) in [4.78, 5) is 15.4. The van der Waals surface area contributed by atoms with E-state index in [1.807, 2.05) is 30.5 Å². The number of carbonyl (C=O) groups is 1. The smallest absolute Gasteiger partial charge is 0.253 e. The van der Waals surface area contributed by atoms with Crippen LogP contribution in [0.5, 0.6) is 0 Å². The number of piperidine rings is 1. The molecule has 0 spiro atoms. The molecule has 2 aromatic rings. The highest BCUT2D eigenvalue weighted by molar-refractivity contribution is 6.05. The van der Waals surface area contributed by atoms with Crippen molar-refractivity contribution in [2.75, 3.05) is 13.1 Å². The summed E-state index contributed by atoms with van der Waals surface area (Å²) in [6.45, 7) is 1.92. The minimum absolute atomic E-state index is 0.0109. The summed E-state index contributed by atoms with van der Waals surface area (Å²) >= 11 is 0. The lowest BCUT2D eigenvalue weighted by atomic mass is 10.1. The topological polar surface area (TPSA) is 56.9 Å². The number of hydrogen-bond acceptors (Lipinski definition) is 2. The Morgan fingerprint density at radius 1 is 1.33 bits per heavy atom. The summed E-state index contributed by atoms with van der Waals surface area (Å²) in [6, 6.07) is 8.02. The number of rotatable bonds is 2. The molecule has 2 heterocycles. The Balaban J connectivity index is 1.81. The van der Waals surface area contributed by atoms with Crippen molar-refractivity contribution in [3.63, 3.8) is 0 Å². The number of amides is 1.